The number of hydrogen-bond donors (Lipinski definition) is 0. The molecule has 1 fully saturated rings. The summed E-state index contributed by atoms with van der Waals surface area (Å²) in [6.07, 6.45) is 22.7. The van der Waals surface area contributed by atoms with E-state index in [0.29, 0.717) is 17.9 Å². The number of pyridine rings is 1. The fourth-order valence-electron chi connectivity index (χ4n) is 5.98. The van der Waals surface area contributed by atoms with Crippen molar-refractivity contribution in [3.8, 4) is 28.4 Å². The molecule has 226 valence electrons. The molecule has 0 N–H and O–H groups in total. The minimum Gasteiger partial charge on any atom is -0.482 e. The Hall–Kier alpha value is -2.89. The molecular formula is C36H47F2N3O. The number of rotatable bonds is 18. The molecule has 5 rings (SSSR count). The largest absolute Gasteiger partial charge is 0.482 e. The Morgan fingerprint density at radius 1 is 0.738 bits per heavy atom. The maximum Gasteiger partial charge on any atom is 0.329 e. The highest BCUT2D eigenvalue weighted by molar-refractivity contribution is 5.63. The summed E-state index contributed by atoms with van der Waals surface area (Å²) in [4.78, 5) is 13.2. The Morgan fingerprint density at radius 3 is 2.07 bits per heavy atom. The van der Waals surface area contributed by atoms with Crippen LogP contribution < -0.4 is 4.74 Å². The van der Waals surface area contributed by atoms with E-state index < -0.39 is 12.0 Å². The van der Waals surface area contributed by atoms with Gasteiger partial charge in [0.2, 0.25) is 0 Å². The summed E-state index contributed by atoms with van der Waals surface area (Å²) in [7, 11) is 0. The van der Waals surface area contributed by atoms with Gasteiger partial charge in [0.05, 0.1) is 0 Å². The van der Waals surface area contributed by atoms with Gasteiger partial charge in [-0.3, -0.25) is 0 Å². The molecule has 1 aliphatic heterocycles. The van der Waals surface area contributed by atoms with Crippen molar-refractivity contribution < 1.29 is 13.5 Å². The van der Waals surface area contributed by atoms with Gasteiger partial charge >= 0.3 is 5.92 Å². The Balaban J connectivity index is 1.08. The molecular weight excluding hydrogens is 528 g/mol. The van der Waals surface area contributed by atoms with Crippen LogP contribution in [0.4, 0.5) is 8.78 Å². The van der Waals surface area contributed by atoms with E-state index in [9.17, 15) is 0 Å². The number of unbranched alkanes of at least 4 members (excludes halogenated alkanes) is 10. The van der Waals surface area contributed by atoms with Crippen LogP contribution in [0.2, 0.25) is 0 Å². The second-order valence-corrected chi connectivity index (χ2v) is 12.4. The molecule has 1 aliphatic carbocycles. The molecule has 1 aromatic carbocycles. The monoisotopic (exact) mass is 575 g/mol. The molecule has 0 amide bonds. The number of benzene rings is 1. The number of fused-ring (bicyclic) bond motifs is 1. The Labute approximate surface area is 250 Å². The average molecular weight is 576 g/mol. The first-order valence-corrected chi connectivity index (χ1v) is 16.5. The van der Waals surface area contributed by atoms with Crippen molar-refractivity contribution in [3.05, 3.63) is 60.0 Å². The summed E-state index contributed by atoms with van der Waals surface area (Å²) in [5.74, 6) is -1.54. The quantitative estimate of drug-likeness (QED) is 0.142. The van der Waals surface area contributed by atoms with Gasteiger partial charge in [-0.15, -0.1) is 0 Å². The summed E-state index contributed by atoms with van der Waals surface area (Å²) < 4.78 is 35.9. The van der Waals surface area contributed by atoms with E-state index in [1.54, 1.807) is 24.5 Å². The van der Waals surface area contributed by atoms with Crippen molar-refractivity contribution in [3.63, 3.8) is 0 Å². The van der Waals surface area contributed by atoms with Crippen LogP contribution in [0.5, 0.6) is 5.75 Å². The third kappa shape index (κ3) is 8.35. The molecule has 1 atom stereocenters. The first kappa shape index (κ1) is 30.6. The van der Waals surface area contributed by atoms with Gasteiger partial charge in [-0.2, -0.15) is 8.78 Å². The van der Waals surface area contributed by atoms with Crippen molar-refractivity contribution >= 4 is 0 Å². The van der Waals surface area contributed by atoms with E-state index in [-0.39, 0.29) is 11.4 Å². The highest BCUT2D eigenvalue weighted by Gasteiger charge is 2.52. The van der Waals surface area contributed by atoms with E-state index in [2.05, 4.69) is 46.1 Å². The minimum atomic E-state index is -3.12. The molecule has 1 unspecified atom stereocenters. The highest BCUT2D eigenvalue weighted by Crippen LogP contribution is 2.46. The molecule has 2 aliphatic rings. The molecule has 6 heteroatoms. The number of halogens is 2. The molecule has 0 bridgehead atoms. The molecule has 0 saturated heterocycles. The van der Waals surface area contributed by atoms with Gasteiger partial charge in [0.1, 0.15) is 11.4 Å². The topological polar surface area (TPSA) is 47.9 Å². The zero-order valence-corrected chi connectivity index (χ0v) is 25.3. The fourth-order valence-corrected chi connectivity index (χ4v) is 5.98. The van der Waals surface area contributed by atoms with E-state index in [1.165, 1.54) is 69.8 Å². The molecule has 4 nitrogen and oxygen atoms in total. The number of hydrogen-bond acceptors (Lipinski definition) is 4. The van der Waals surface area contributed by atoms with Gasteiger partial charge in [-0.25, -0.2) is 15.0 Å². The Kier molecular flexibility index (Phi) is 10.9. The first-order chi connectivity index (χ1) is 20.5. The maximum absolute atomic E-state index is 15.2. The maximum atomic E-state index is 15.2. The van der Waals surface area contributed by atoms with Crippen molar-refractivity contribution in [1.29, 1.82) is 0 Å². The molecule has 0 radical (unpaired) electrons. The van der Waals surface area contributed by atoms with Crippen LogP contribution in [-0.4, -0.2) is 21.1 Å². The third-order valence-electron chi connectivity index (χ3n) is 8.86. The SMILES string of the molecule is CCCCCCCC1Oc2ccc(-c3ncc(-c4ccc(CCCCCCCCCC5CC5)cc4)cn3)nc2C1(F)F. The Bertz CT molecular complexity index is 1240. The van der Waals surface area contributed by atoms with Gasteiger partial charge in [0.15, 0.2) is 17.6 Å². The van der Waals surface area contributed by atoms with Crippen LogP contribution in [0.1, 0.15) is 121 Å². The second kappa shape index (κ2) is 15.0. The van der Waals surface area contributed by atoms with Crippen LogP contribution in [0.3, 0.4) is 0 Å². The van der Waals surface area contributed by atoms with E-state index in [1.807, 2.05) is 0 Å². The number of ether oxygens (including phenoxy) is 1. The van der Waals surface area contributed by atoms with E-state index in [4.69, 9.17) is 4.74 Å². The molecule has 2 aromatic heterocycles. The smallest absolute Gasteiger partial charge is 0.329 e. The number of nitrogens with zero attached hydrogens (tertiary/aromatic N) is 3. The van der Waals surface area contributed by atoms with Gasteiger partial charge in [0.25, 0.3) is 0 Å². The normalized spacial score (nSPS) is 17.3. The average Bonchev–Trinajstić information content (AvgIpc) is 3.80. The predicted molar refractivity (Wildman–Crippen MR) is 166 cm³/mol. The summed E-state index contributed by atoms with van der Waals surface area (Å²) in [6.45, 7) is 2.14. The highest BCUT2D eigenvalue weighted by atomic mass is 19.3. The minimum absolute atomic E-state index is 0.165. The summed E-state index contributed by atoms with van der Waals surface area (Å²) >= 11 is 0. The van der Waals surface area contributed by atoms with Crippen LogP contribution in [-0.2, 0) is 12.3 Å². The number of aryl methyl sites for hydroxylation is 1. The number of aromatic nitrogens is 3. The van der Waals surface area contributed by atoms with Gasteiger partial charge in [0, 0.05) is 18.0 Å². The van der Waals surface area contributed by atoms with Crippen LogP contribution >= 0.6 is 0 Å². The van der Waals surface area contributed by atoms with Crippen LogP contribution in [0.25, 0.3) is 22.6 Å². The standard InChI is InChI=1S/C36H47F2N3O/c1-2-3-4-8-13-16-33-36(37,38)34-32(42-33)24-23-31(41-34)35-39-25-30(26-40-35)29-21-19-28(20-22-29)15-12-10-7-5-6-9-11-14-27-17-18-27/h19-27,33H,2-18H2,1H3. The fraction of sp³-hybridized carbons (Fsp3) is 0.583. The molecule has 3 aromatic rings. The van der Waals surface area contributed by atoms with Gasteiger partial charge in [-0.05, 0) is 54.9 Å². The summed E-state index contributed by atoms with van der Waals surface area (Å²) in [6, 6.07) is 11.8. The van der Waals surface area contributed by atoms with E-state index in [0.717, 1.165) is 55.6 Å². The second-order valence-electron chi connectivity index (χ2n) is 12.4. The summed E-state index contributed by atoms with van der Waals surface area (Å²) in [5, 5.41) is 0. The zero-order chi connectivity index (χ0) is 29.2. The molecule has 42 heavy (non-hydrogen) atoms. The molecule has 1 saturated carbocycles. The lowest BCUT2D eigenvalue weighted by Gasteiger charge is -2.17. The summed E-state index contributed by atoms with van der Waals surface area (Å²) in [5.41, 5.74) is 3.32. The van der Waals surface area contributed by atoms with Crippen LogP contribution in [0.15, 0.2) is 48.8 Å². The number of alkyl halides is 2. The molecule has 0 spiro atoms. The van der Waals surface area contributed by atoms with Crippen LogP contribution in [0, 0.1) is 5.92 Å². The van der Waals surface area contributed by atoms with Crippen molar-refractivity contribution in [2.24, 2.45) is 5.92 Å². The van der Waals surface area contributed by atoms with Gasteiger partial charge < -0.3 is 4.74 Å². The van der Waals surface area contributed by atoms with Crippen molar-refractivity contribution in [2.75, 3.05) is 0 Å². The third-order valence-corrected chi connectivity index (χ3v) is 8.86. The Morgan fingerprint density at radius 2 is 1.38 bits per heavy atom. The van der Waals surface area contributed by atoms with Crippen molar-refractivity contribution in [1.82, 2.24) is 15.0 Å². The lowest BCUT2D eigenvalue weighted by molar-refractivity contribution is -0.0818. The van der Waals surface area contributed by atoms with Gasteiger partial charge in [-0.1, -0.05) is 115 Å². The lowest BCUT2D eigenvalue weighted by atomic mass is 10.0. The first-order valence-electron chi connectivity index (χ1n) is 16.5. The molecule has 3 heterocycles. The van der Waals surface area contributed by atoms with Crippen molar-refractivity contribution in [2.45, 2.75) is 128 Å². The lowest BCUT2D eigenvalue weighted by Crippen LogP contribution is -2.30. The predicted octanol–water partition coefficient (Wildman–Crippen LogP) is 10.5. The zero-order valence-electron chi connectivity index (χ0n) is 25.3. The van der Waals surface area contributed by atoms with E-state index >= 15 is 8.78 Å².